The Balaban J connectivity index is 0.00000529. The van der Waals surface area contributed by atoms with E-state index >= 15 is 0 Å². The third-order valence-electron chi connectivity index (χ3n) is 3.63. The fraction of sp³-hybridized carbons (Fsp3) is 0.667. The Bertz CT molecular complexity index is 666. The molecule has 9 heteroatoms. The summed E-state index contributed by atoms with van der Waals surface area (Å²) in [6.07, 6.45) is 2.00. The second-order valence-corrected chi connectivity index (χ2v) is 10.3. The minimum absolute atomic E-state index is 0. The molecule has 0 aromatic carbocycles. The molecule has 0 atom stereocenters. The zero-order valence-electron chi connectivity index (χ0n) is 15.1. The van der Waals surface area contributed by atoms with E-state index in [1.54, 1.807) is 27.8 Å². The molecule has 0 bridgehead atoms. The summed E-state index contributed by atoms with van der Waals surface area (Å²) < 4.78 is 26.6. The summed E-state index contributed by atoms with van der Waals surface area (Å²) >= 11 is 3.46. The number of aromatic nitrogens is 1. The first-order valence-corrected chi connectivity index (χ1v) is 9.87. The summed E-state index contributed by atoms with van der Waals surface area (Å²) in [6, 6.07) is 2.05. The SMILES string of the molecule is CN=C(NCCS(=O)(=O)C(C)(C)C)N(C)Cc1cc(Br)cn1C.I. The molecular weight excluding hydrogens is 507 g/mol. The quantitative estimate of drug-likeness (QED) is 0.358. The highest BCUT2D eigenvalue weighted by Crippen LogP contribution is 2.16. The number of sulfone groups is 1. The van der Waals surface area contributed by atoms with Gasteiger partial charge < -0.3 is 14.8 Å². The molecule has 24 heavy (non-hydrogen) atoms. The van der Waals surface area contributed by atoms with Gasteiger partial charge in [0, 0.05) is 44.1 Å². The molecule has 0 aliphatic heterocycles. The smallest absolute Gasteiger partial charge is 0.193 e. The lowest BCUT2D eigenvalue weighted by Crippen LogP contribution is -2.42. The Hall–Kier alpha value is -0.290. The number of hydrogen-bond acceptors (Lipinski definition) is 3. The maximum atomic E-state index is 12.1. The predicted octanol–water partition coefficient (Wildman–Crippen LogP) is 2.63. The van der Waals surface area contributed by atoms with Gasteiger partial charge in [0.15, 0.2) is 15.8 Å². The first kappa shape index (κ1) is 23.7. The molecule has 1 heterocycles. The summed E-state index contributed by atoms with van der Waals surface area (Å²) in [7, 11) is 2.47. The van der Waals surface area contributed by atoms with Crippen LogP contribution in [-0.2, 0) is 23.4 Å². The number of nitrogens with zero attached hydrogens (tertiary/aromatic N) is 3. The minimum Gasteiger partial charge on any atom is -0.355 e. The van der Waals surface area contributed by atoms with Gasteiger partial charge in [-0.05, 0) is 42.8 Å². The third-order valence-corrected chi connectivity index (χ3v) is 6.68. The molecular formula is C15H28BrIN4O2S. The number of rotatable bonds is 5. The summed E-state index contributed by atoms with van der Waals surface area (Å²) in [6.45, 7) is 6.17. The molecule has 0 amide bonds. The van der Waals surface area contributed by atoms with Crippen LogP contribution in [0.2, 0.25) is 0 Å². The van der Waals surface area contributed by atoms with Crippen molar-refractivity contribution in [3.05, 3.63) is 22.4 Å². The van der Waals surface area contributed by atoms with Crippen LogP contribution >= 0.6 is 39.9 Å². The van der Waals surface area contributed by atoms with Crippen molar-refractivity contribution in [3.63, 3.8) is 0 Å². The summed E-state index contributed by atoms with van der Waals surface area (Å²) in [4.78, 5) is 6.18. The summed E-state index contributed by atoms with van der Waals surface area (Å²) in [5.74, 6) is 0.755. The van der Waals surface area contributed by atoms with Crippen molar-refractivity contribution in [1.82, 2.24) is 14.8 Å². The van der Waals surface area contributed by atoms with Gasteiger partial charge in [-0.1, -0.05) is 0 Å². The molecule has 0 saturated heterocycles. The molecule has 0 saturated carbocycles. The number of guanidine groups is 1. The lowest BCUT2D eigenvalue weighted by atomic mass is 10.3. The van der Waals surface area contributed by atoms with Crippen LogP contribution in [0.4, 0.5) is 0 Å². The Morgan fingerprint density at radius 1 is 1.42 bits per heavy atom. The van der Waals surface area contributed by atoms with Gasteiger partial charge in [0.25, 0.3) is 0 Å². The molecule has 0 aliphatic carbocycles. The van der Waals surface area contributed by atoms with Crippen LogP contribution < -0.4 is 5.32 Å². The third kappa shape index (κ3) is 6.55. The van der Waals surface area contributed by atoms with E-state index in [0.717, 1.165) is 10.2 Å². The van der Waals surface area contributed by atoms with Gasteiger partial charge in [0.1, 0.15) is 0 Å². The highest BCUT2D eigenvalue weighted by atomic mass is 127. The molecule has 1 rings (SSSR count). The van der Waals surface area contributed by atoms with Crippen LogP contribution in [0.1, 0.15) is 26.5 Å². The summed E-state index contributed by atoms with van der Waals surface area (Å²) in [5, 5.41) is 3.12. The molecule has 0 unspecified atom stereocenters. The van der Waals surface area contributed by atoms with Crippen molar-refractivity contribution in [1.29, 1.82) is 0 Å². The molecule has 0 spiro atoms. The highest BCUT2D eigenvalue weighted by Gasteiger charge is 2.28. The number of aliphatic imine (C=N–C) groups is 1. The van der Waals surface area contributed by atoms with Gasteiger partial charge in [-0.25, -0.2) is 8.42 Å². The van der Waals surface area contributed by atoms with Crippen LogP contribution in [0.15, 0.2) is 21.7 Å². The van der Waals surface area contributed by atoms with Gasteiger partial charge in [-0.3, -0.25) is 4.99 Å². The number of hydrogen-bond donors (Lipinski definition) is 1. The molecule has 0 fully saturated rings. The monoisotopic (exact) mass is 534 g/mol. The van der Waals surface area contributed by atoms with E-state index in [4.69, 9.17) is 0 Å². The van der Waals surface area contributed by atoms with E-state index in [1.807, 2.05) is 35.8 Å². The van der Waals surface area contributed by atoms with Gasteiger partial charge in [-0.2, -0.15) is 0 Å². The van der Waals surface area contributed by atoms with E-state index in [0.29, 0.717) is 19.0 Å². The zero-order chi connectivity index (χ0) is 17.8. The van der Waals surface area contributed by atoms with Crippen molar-refractivity contribution in [2.75, 3.05) is 26.4 Å². The Morgan fingerprint density at radius 3 is 2.42 bits per heavy atom. The van der Waals surface area contributed by atoms with E-state index in [-0.39, 0.29) is 29.7 Å². The van der Waals surface area contributed by atoms with Crippen LogP contribution in [0.3, 0.4) is 0 Å². The average molecular weight is 535 g/mol. The van der Waals surface area contributed by atoms with Crippen LogP contribution in [0, 0.1) is 0 Å². The van der Waals surface area contributed by atoms with Gasteiger partial charge in [0.2, 0.25) is 0 Å². The van der Waals surface area contributed by atoms with Crippen molar-refractivity contribution < 1.29 is 8.42 Å². The molecule has 1 aromatic rings. The van der Waals surface area contributed by atoms with Gasteiger partial charge >= 0.3 is 0 Å². The topological polar surface area (TPSA) is 66.7 Å². The normalized spacial score (nSPS) is 12.7. The van der Waals surface area contributed by atoms with E-state index in [1.165, 1.54) is 0 Å². The van der Waals surface area contributed by atoms with Crippen LogP contribution in [-0.4, -0.2) is 55.0 Å². The average Bonchev–Trinajstić information content (AvgIpc) is 2.71. The molecule has 1 N–H and O–H groups in total. The molecule has 0 radical (unpaired) electrons. The van der Waals surface area contributed by atoms with Crippen molar-refractivity contribution in [3.8, 4) is 0 Å². The van der Waals surface area contributed by atoms with Crippen LogP contribution in [0.25, 0.3) is 0 Å². The standard InChI is InChI=1S/C15H27BrN4O2S.HI/c1-15(2,3)23(21,22)8-7-18-14(17-4)20(6)11-13-9-12(16)10-19(13)5;/h9-10H,7-8,11H2,1-6H3,(H,17,18);1H. The summed E-state index contributed by atoms with van der Waals surface area (Å²) in [5.41, 5.74) is 1.13. The first-order chi connectivity index (χ1) is 10.5. The predicted molar refractivity (Wildman–Crippen MR) is 115 cm³/mol. The van der Waals surface area contributed by atoms with E-state index in [9.17, 15) is 8.42 Å². The lowest BCUT2D eigenvalue weighted by Gasteiger charge is -2.24. The number of nitrogens with one attached hydrogen (secondary N) is 1. The van der Waals surface area contributed by atoms with Crippen molar-refractivity contribution in [2.45, 2.75) is 32.1 Å². The maximum absolute atomic E-state index is 12.1. The number of halogens is 2. The van der Waals surface area contributed by atoms with Crippen molar-refractivity contribution >= 4 is 55.7 Å². The second kappa shape index (κ2) is 9.42. The molecule has 0 aliphatic rings. The Kier molecular flexibility index (Phi) is 9.31. The van der Waals surface area contributed by atoms with E-state index in [2.05, 4.69) is 26.2 Å². The highest BCUT2D eigenvalue weighted by molar-refractivity contribution is 14.0. The second-order valence-electron chi connectivity index (χ2n) is 6.52. The lowest BCUT2D eigenvalue weighted by molar-refractivity contribution is 0.463. The fourth-order valence-corrected chi connectivity index (χ4v) is 3.58. The van der Waals surface area contributed by atoms with Gasteiger partial charge in [0.05, 0.1) is 17.0 Å². The molecule has 140 valence electrons. The Morgan fingerprint density at radius 2 is 2.00 bits per heavy atom. The van der Waals surface area contributed by atoms with E-state index < -0.39 is 14.6 Å². The minimum atomic E-state index is -3.14. The fourth-order valence-electron chi connectivity index (χ4n) is 2.03. The Labute approximate surface area is 171 Å². The maximum Gasteiger partial charge on any atom is 0.193 e. The molecule has 1 aromatic heterocycles. The van der Waals surface area contributed by atoms with Crippen molar-refractivity contribution in [2.24, 2.45) is 12.0 Å². The zero-order valence-corrected chi connectivity index (χ0v) is 19.9. The number of aryl methyl sites for hydroxylation is 1. The largest absolute Gasteiger partial charge is 0.355 e. The van der Waals surface area contributed by atoms with Gasteiger partial charge in [-0.15, -0.1) is 24.0 Å². The van der Waals surface area contributed by atoms with Crippen LogP contribution in [0.5, 0.6) is 0 Å². The molecule has 6 nitrogen and oxygen atoms in total. The first-order valence-electron chi connectivity index (χ1n) is 7.43.